The molecule has 7 heteroatoms. The fourth-order valence-corrected chi connectivity index (χ4v) is 0.770. The van der Waals surface area contributed by atoms with Crippen LogP contribution in [0.1, 0.15) is 5.56 Å². The van der Waals surface area contributed by atoms with E-state index in [1.807, 2.05) is 18.2 Å². The topological polar surface area (TPSA) is 57.5 Å². The van der Waals surface area contributed by atoms with Crippen LogP contribution in [0.5, 0.6) is 0 Å². The Labute approximate surface area is 102 Å². The second-order valence-corrected chi connectivity index (χ2v) is 2.83. The quantitative estimate of drug-likeness (QED) is 0.868. The molecule has 0 saturated heterocycles. The summed E-state index contributed by atoms with van der Waals surface area (Å²) in [7, 11) is 0. The summed E-state index contributed by atoms with van der Waals surface area (Å²) in [5.41, 5.74) is 0.843. The smallest absolute Gasteiger partial charge is 0.411 e. The molecule has 0 unspecified atom stereocenters. The van der Waals surface area contributed by atoms with E-state index in [9.17, 15) is 18.0 Å². The van der Waals surface area contributed by atoms with Crippen molar-refractivity contribution in [2.24, 2.45) is 0 Å². The van der Waals surface area contributed by atoms with E-state index in [4.69, 9.17) is 10.2 Å². The van der Waals surface area contributed by atoms with E-state index in [0.717, 1.165) is 5.56 Å². The summed E-state index contributed by atoms with van der Waals surface area (Å²) in [4.78, 5) is 10.2. The maximum Gasteiger partial charge on any atom is 0.411 e. The van der Waals surface area contributed by atoms with Crippen molar-refractivity contribution in [2.45, 2.75) is 12.6 Å². The van der Waals surface area contributed by atoms with Crippen LogP contribution in [0.4, 0.5) is 13.2 Å². The summed E-state index contributed by atoms with van der Waals surface area (Å²) in [6.07, 6.45) is -4.29. The van der Waals surface area contributed by atoms with Crippen LogP contribution in [0, 0.1) is 0 Å². The third kappa shape index (κ3) is 12.7. The number of rotatable bonds is 2. The van der Waals surface area contributed by atoms with Gasteiger partial charge in [-0.1, -0.05) is 30.3 Å². The summed E-state index contributed by atoms with van der Waals surface area (Å²) >= 11 is 0. The van der Waals surface area contributed by atoms with Crippen molar-refractivity contribution in [3.05, 3.63) is 35.9 Å². The Morgan fingerprint density at radius 3 is 1.88 bits per heavy atom. The first-order chi connectivity index (χ1) is 7.35. The van der Waals surface area contributed by atoms with Crippen molar-refractivity contribution >= 4 is 18.4 Å². The maximum absolute atomic E-state index is 10.5. The Morgan fingerprint density at radius 2 is 1.59 bits per heavy atom. The number of aliphatic hydroxyl groups excluding tert-OH is 1. The third-order valence-corrected chi connectivity index (χ3v) is 1.38. The third-order valence-electron chi connectivity index (χ3n) is 1.38. The van der Waals surface area contributed by atoms with Crippen LogP contribution in [-0.2, 0) is 11.2 Å². The van der Waals surface area contributed by atoms with Gasteiger partial charge in [-0.2, -0.15) is 13.2 Å². The molecule has 2 N–H and O–H groups in total. The standard InChI is InChI=1S/C8H8O2.C2H3F3O.ClH/c9-8(10)6-7-4-2-1-3-5-7;3-2(4,5)1-6;/h1-5H,6H2,(H,9,10);6H,1H2;1H. The number of aliphatic hydroxyl groups is 1. The van der Waals surface area contributed by atoms with E-state index in [2.05, 4.69) is 0 Å². The lowest BCUT2D eigenvalue weighted by molar-refractivity contribution is -0.159. The van der Waals surface area contributed by atoms with Crippen molar-refractivity contribution in [2.75, 3.05) is 6.61 Å². The highest BCUT2D eigenvalue weighted by atomic mass is 35.5. The first-order valence-corrected chi connectivity index (χ1v) is 4.28. The van der Waals surface area contributed by atoms with E-state index in [-0.39, 0.29) is 18.8 Å². The maximum atomic E-state index is 10.5. The van der Waals surface area contributed by atoms with Crippen LogP contribution in [0.3, 0.4) is 0 Å². The van der Waals surface area contributed by atoms with Gasteiger partial charge in [-0.05, 0) is 5.56 Å². The van der Waals surface area contributed by atoms with Crippen LogP contribution in [0.2, 0.25) is 0 Å². The summed E-state index contributed by atoms with van der Waals surface area (Å²) in [5, 5.41) is 15.6. The number of hydrogen-bond acceptors (Lipinski definition) is 2. The molecule has 0 saturated carbocycles. The predicted octanol–water partition coefficient (Wildman–Crippen LogP) is 2.28. The summed E-state index contributed by atoms with van der Waals surface area (Å²) in [5.74, 6) is -0.786. The fraction of sp³-hybridized carbons (Fsp3) is 0.300. The van der Waals surface area contributed by atoms with E-state index in [1.54, 1.807) is 12.1 Å². The first-order valence-electron chi connectivity index (χ1n) is 4.28. The molecule has 0 atom stereocenters. The molecule has 0 bridgehead atoms. The van der Waals surface area contributed by atoms with Crippen molar-refractivity contribution in [1.82, 2.24) is 0 Å². The predicted molar refractivity (Wildman–Crippen MR) is 58.2 cm³/mol. The molecule has 1 aromatic carbocycles. The Morgan fingerprint density at radius 1 is 1.18 bits per heavy atom. The van der Waals surface area contributed by atoms with Gasteiger partial charge in [-0.3, -0.25) is 4.79 Å². The van der Waals surface area contributed by atoms with Gasteiger partial charge in [0.2, 0.25) is 0 Å². The fourth-order valence-electron chi connectivity index (χ4n) is 0.770. The monoisotopic (exact) mass is 272 g/mol. The van der Waals surface area contributed by atoms with Crippen LogP contribution in [-0.4, -0.2) is 29.0 Å². The summed E-state index contributed by atoms with van der Waals surface area (Å²) in [6.45, 7) is -1.73. The molecule has 1 aromatic rings. The molecular weight excluding hydrogens is 261 g/mol. The Hall–Kier alpha value is -1.27. The van der Waals surface area contributed by atoms with Gasteiger partial charge in [-0.25, -0.2) is 0 Å². The van der Waals surface area contributed by atoms with Crippen LogP contribution in [0.25, 0.3) is 0 Å². The van der Waals surface area contributed by atoms with Gasteiger partial charge < -0.3 is 10.2 Å². The van der Waals surface area contributed by atoms with E-state index in [0.29, 0.717) is 0 Å². The van der Waals surface area contributed by atoms with Crippen LogP contribution >= 0.6 is 12.4 Å². The van der Waals surface area contributed by atoms with Crippen molar-refractivity contribution in [3.8, 4) is 0 Å². The number of carboxylic acids is 1. The summed E-state index contributed by atoms with van der Waals surface area (Å²) in [6, 6.07) is 9.13. The number of carboxylic acid groups (broad SMARTS) is 1. The normalized spacial score (nSPS) is 9.65. The van der Waals surface area contributed by atoms with E-state index < -0.39 is 18.8 Å². The zero-order valence-electron chi connectivity index (χ0n) is 8.65. The average Bonchev–Trinajstić information content (AvgIpc) is 2.18. The van der Waals surface area contributed by atoms with Gasteiger partial charge in [0.05, 0.1) is 6.42 Å². The van der Waals surface area contributed by atoms with Crippen molar-refractivity contribution < 1.29 is 28.2 Å². The number of halogens is 4. The molecular formula is C10H12ClF3O3. The lowest BCUT2D eigenvalue weighted by Gasteiger charge is -1.95. The molecule has 0 amide bonds. The Bertz CT molecular complexity index is 314. The first kappa shape index (κ1) is 18.1. The molecule has 0 fully saturated rings. The van der Waals surface area contributed by atoms with Gasteiger partial charge in [-0.15, -0.1) is 12.4 Å². The lowest BCUT2D eigenvalue weighted by atomic mass is 10.2. The van der Waals surface area contributed by atoms with E-state index >= 15 is 0 Å². The molecule has 0 aliphatic carbocycles. The molecule has 0 aliphatic heterocycles. The van der Waals surface area contributed by atoms with Gasteiger partial charge in [0.25, 0.3) is 0 Å². The van der Waals surface area contributed by atoms with Gasteiger partial charge in [0.15, 0.2) is 0 Å². The zero-order chi connectivity index (χ0) is 12.6. The molecule has 98 valence electrons. The highest BCUT2D eigenvalue weighted by Gasteiger charge is 2.24. The van der Waals surface area contributed by atoms with Crippen molar-refractivity contribution in [3.63, 3.8) is 0 Å². The van der Waals surface area contributed by atoms with E-state index in [1.165, 1.54) is 0 Å². The van der Waals surface area contributed by atoms with Gasteiger partial charge in [0.1, 0.15) is 6.61 Å². The number of alkyl halides is 3. The number of aliphatic carboxylic acids is 1. The van der Waals surface area contributed by atoms with Gasteiger partial charge >= 0.3 is 12.1 Å². The minimum absolute atomic E-state index is 0. The van der Waals surface area contributed by atoms with Gasteiger partial charge in [0, 0.05) is 0 Å². The minimum atomic E-state index is -4.40. The molecule has 0 heterocycles. The van der Waals surface area contributed by atoms with Crippen LogP contribution < -0.4 is 0 Å². The highest BCUT2D eigenvalue weighted by Crippen LogP contribution is 2.11. The second-order valence-electron chi connectivity index (χ2n) is 2.83. The molecule has 3 nitrogen and oxygen atoms in total. The molecule has 0 aromatic heterocycles. The highest BCUT2D eigenvalue weighted by molar-refractivity contribution is 5.85. The Kier molecular flexibility index (Phi) is 9.41. The molecule has 1 rings (SSSR count). The molecule has 0 aliphatic rings. The Balaban J connectivity index is 0. The molecule has 0 radical (unpaired) electrons. The minimum Gasteiger partial charge on any atom is -0.481 e. The number of hydrogen-bond donors (Lipinski definition) is 2. The number of benzene rings is 1. The second kappa shape index (κ2) is 8.83. The zero-order valence-corrected chi connectivity index (χ0v) is 9.46. The largest absolute Gasteiger partial charge is 0.481 e. The van der Waals surface area contributed by atoms with Crippen molar-refractivity contribution in [1.29, 1.82) is 0 Å². The number of carbonyl (C=O) groups is 1. The molecule has 0 spiro atoms. The molecule has 17 heavy (non-hydrogen) atoms. The van der Waals surface area contributed by atoms with Crippen LogP contribution in [0.15, 0.2) is 30.3 Å². The SMILES string of the molecule is Cl.O=C(O)Cc1ccccc1.OCC(F)(F)F. The average molecular weight is 273 g/mol. The lowest BCUT2D eigenvalue weighted by Crippen LogP contribution is -2.12. The summed E-state index contributed by atoms with van der Waals surface area (Å²) < 4.78 is 31.6.